The number of halogens is 3. The molecule has 0 saturated carbocycles. The molecule has 0 bridgehead atoms. The monoisotopic (exact) mass is 420 g/mol. The van der Waals surface area contributed by atoms with Crippen LogP contribution in [0.3, 0.4) is 0 Å². The van der Waals surface area contributed by atoms with Gasteiger partial charge in [-0.15, -0.1) is 0 Å². The van der Waals surface area contributed by atoms with Crippen molar-refractivity contribution in [1.29, 1.82) is 0 Å². The third kappa shape index (κ3) is 4.19. The zero-order chi connectivity index (χ0) is 19.6. The predicted molar refractivity (Wildman–Crippen MR) is 110 cm³/mol. The van der Waals surface area contributed by atoms with E-state index in [4.69, 9.17) is 39.5 Å². The van der Waals surface area contributed by atoms with Crippen LogP contribution in [0.4, 0.5) is 5.69 Å². The van der Waals surface area contributed by atoms with Crippen LogP contribution in [0.2, 0.25) is 15.1 Å². The van der Waals surface area contributed by atoms with Crippen molar-refractivity contribution in [3.8, 4) is 11.6 Å². The summed E-state index contributed by atoms with van der Waals surface area (Å²) in [4.78, 5) is 18.8. The van der Waals surface area contributed by atoms with Gasteiger partial charge in [-0.3, -0.25) is 4.79 Å². The summed E-state index contributed by atoms with van der Waals surface area (Å²) in [6.45, 7) is 1.86. The number of benzene rings is 2. The maximum atomic E-state index is 13.1. The average Bonchev–Trinajstić information content (AvgIpc) is 2.66. The molecule has 0 aliphatic heterocycles. The molecule has 0 spiro atoms. The van der Waals surface area contributed by atoms with Crippen molar-refractivity contribution in [3.63, 3.8) is 0 Å². The van der Waals surface area contributed by atoms with E-state index in [1.54, 1.807) is 49.5 Å². The zero-order valence-electron chi connectivity index (χ0n) is 14.5. The quantitative estimate of drug-likeness (QED) is 0.488. The van der Waals surface area contributed by atoms with Crippen LogP contribution >= 0.6 is 34.8 Å². The van der Waals surface area contributed by atoms with Crippen LogP contribution in [0.1, 0.15) is 15.9 Å². The van der Waals surface area contributed by atoms with E-state index in [1.807, 2.05) is 13.0 Å². The molecule has 3 aromatic rings. The van der Waals surface area contributed by atoms with Gasteiger partial charge in [0.1, 0.15) is 11.3 Å². The van der Waals surface area contributed by atoms with Crippen molar-refractivity contribution in [1.82, 2.24) is 4.98 Å². The Morgan fingerprint density at radius 3 is 2.59 bits per heavy atom. The zero-order valence-corrected chi connectivity index (χ0v) is 16.8. The SMILES string of the molecule is Cc1c(Cl)cccc1N(C)C(=O)c1cccnc1Oc1cc(Cl)ccc1Cl. The Morgan fingerprint density at radius 1 is 1.04 bits per heavy atom. The number of aromatic nitrogens is 1. The summed E-state index contributed by atoms with van der Waals surface area (Å²) in [5.41, 5.74) is 1.79. The molecule has 138 valence electrons. The molecule has 1 amide bonds. The molecule has 0 aliphatic carbocycles. The molecule has 0 saturated heterocycles. The number of rotatable bonds is 4. The van der Waals surface area contributed by atoms with Crippen molar-refractivity contribution in [2.24, 2.45) is 0 Å². The molecule has 0 radical (unpaired) electrons. The third-order valence-electron chi connectivity index (χ3n) is 4.01. The lowest BCUT2D eigenvalue weighted by Gasteiger charge is -2.21. The Hall–Kier alpha value is -2.27. The van der Waals surface area contributed by atoms with E-state index in [0.717, 1.165) is 5.56 Å². The molecule has 1 aromatic heterocycles. The number of hydrogen-bond donors (Lipinski definition) is 0. The Labute approximate surface area is 172 Å². The second-order valence-corrected chi connectivity index (χ2v) is 7.03. The van der Waals surface area contributed by atoms with Crippen LogP contribution in [0, 0.1) is 6.92 Å². The summed E-state index contributed by atoms with van der Waals surface area (Å²) < 4.78 is 5.78. The number of amides is 1. The minimum absolute atomic E-state index is 0.137. The summed E-state index contributed by atoms with van der Waals surface area (Å²) in [5, 5.41) is 1.41. The molecule has 27 heavy (non-hydrogen) atoms. The smallest absolute Gasteiger partial charge is 0.263 e. The van der Waals surface area contributed by atoms with Crippen LogP contribution < -0.4 is 9.64 Å². The molecule has 0 fully saturated rings. The van der Waals surface area contributed by atoms with Gasteiger partial charge in [0.15, 0.2) is 0 Å². The molecule has 0 atom stereocenters. The van der Waals surface area contributed by atoms with Gasteiger partial charge < -0.3 is 9.64 Å². The van der Waals surface area contributed by atoms with Crippen molar-refractivity contribution < 1.29 is 9.53 Å². The Bertz CT molecular complexity index is 1010. The van der Waals surface area contributed by atoms with Crippen LogP contribution in [0.15, 0.2) is 54.7 Å². The molecule has 1 heterocycles. The lowest BCUT2D eigenvalue weighted by molar-refractivity contribution is 0.0990. The first-order chi connectivity index (χ1) is 12.9. The Morgan fingerprint density at radius 2 is 1.81 bits per heavy atom. The van der Waals surface area contributed by atoms with Gasteiger partial charge in [0.05, 0.1) is 5.02 Å². The second-order valence-electron chi connectivity index (χ2n) is 5.78. The molecular formula is C20H15Cl3N2O2. The number of pyridine rings is 1. The molecule has 0 N–H and O–H groups in total. The maximum Gasteiger partial charge on any atom is 0.263 e. The Kier molecular flexibility index (Phi) is 5.90. The predicted octanol–water partition coefficient (Wildman–Crippen LogP) is 6.42. The van der Waals surface area contributed by atoms with Gasteiger partial charge in [-0.05, 0) is 48.9 Å². The van der Waals surface area contributed by atoms with Gasteiger partial charge >= 0.3 is 0 Å². The summed E-state index contributed by atoms with van der Waals surface area (Å²) in [6.07, 6.45) is 1.54. The van der Waals surface area contributed by atoms with Crippen LogP contribution in [-0.2, 0) is 0 Å². The lowest BCUT2D eigenvalue weighted by atomic mass is 10.1. The van der Waals surface area contributed by atoms with Gasteiger partial charge in [-0.25, -0.2) is 4.98 Å². The first-order valence-electron chi connectivity index (χ1n) is 7.99. The summed E-state index contributed by atoms with van der Waals surface area (Å²) in [7, 11) is 1.67. The maximum absolute atomic E-state index is 13.1. The van der Waals surface area contributed by atoms with Gasteiger partial charge in [0, 0.05) is 35.0 Å². The molecule has 0 aliphatic rings. The molecular weight excluding hydrogens is 407 g/mol. The highest BCUT2D eigenvalue weighted by Gasteiger charge is 2.21. The summed E-state index contributed by atoms with van der Waals surface area (Å²) >= 11 is 18.3. The number of nitrogens with zero attached hydrogens (tertiary/aromatic N) is 2. The topological polar surface area (TPSA) is 42.4 Å². The highest BCUT2D eigenvalue weighted by Crippen LogP contribution is 2.33. The minimum atomic E-state index is -0.290. The van der Waals surface area contributed by atoms with E-state index >= 15 is 0 Å². The van der Waals surface area contributed by atoms with E-state index in [0.29, 0.717) is 26.5 Å². The summed E-state index contributed by atoms with van der Waals surface area (Å²) in [5.74, 6) is 0.165. The first kappa shape index (κ1) is 19.5. The van der Waals surface area contributed by atoms with E-state index in [-0.39, 0.29) is 17.4 Å². The number of carbonyl (C=O) groups is 1. The minimum Gasteiger partial charge on any atom is -0.437 e. The molecule has 7 heteroatoms. The van der Waals surface area contributed by atoms with Crippen LogP contribution in [0.25, 0.3) is 0 Å². The fourth-order valence-corrected chi connectivity index (χ4v) is 3.03. The van der Waals surface area contributed by atoms with Gasteiger partial charge in [-0.2, -0.15) is 0 Å². The number of anilines is 1. The second kappa shape index (κ2) is 8.17. The Balaban J connectivity index is 1.96. The normalized spacial score (nSPS) is 10.6. The van der Waals surface area contributed by atoms with Gasteiger partial charge in [-0.1, -0.05) is 40.9 Å². The van der Waals surface area contributed by atoms with E-state index in [1.165, 1.54) is 11.1 Å². The highest BCUT2D eigenvalue weighted by molar-refractivity contribution is 6.34. The van der Waals surface area contributed by atoms with E-state index in [2.05, 4.69) is 4.98 Å². The van der Waals surface area contributed by atoms with E-state index in [9.17, 15) is 4.79 Å². The molecule has 3 rings (SSSR count). The average molecular weight is 422 g/mol. The fraction of sp³-hybridized carbons (Fsp3) is 0.100. The van der Waals surface area contributed by atoms with Crippen molar-refractivity contribution in [2.45, 2.75) is 6.92 Å². The fourth-order valence-electron chi connectivity index (χ4n) is 2.54. The molecule has 4 nitrogen and oxygen atoms in total. The highest BCUT2D eigenvalue weighted by atomic mass is 35.5. The van der Waals surface area contributed by atoms with Crippen molar-refractivity contribution >= 4 is 46.4 Å². The summed E-state index contributed by atoms with van der Waals surface area (Å²) in [6, 6.07) is 13.5. The third-order valence-corrected chi connectivity index (χ3v) is 4.96. The van der Waals surface area contributed by atoms with E-state index < -0.39 is 0 Å². The van der Waals surface area contributed by atoms with Gasteiger partial charge in [0.25, 0.3) is 5.91 Å². The lowest BCUT2D eigenvalue weighted by Crippen LogP contribution is -2.27. The standard InChI is InChI=1S/C20H15Cl3N2O2/c1-12-15(22)6-3-7-17(12)25(2)20(26)14-5-4-10-24-19(14)27-18-11-13(21)8-9-16(18)23/h3-11H,1-2H3. The van der Waals surface area contributed by atoms with Crippen LogP contribution in [-0.4, -0.2) is 17.9 Å². The largest absolute Gasteiger partial charge is 0.437 e. The first-order valence-corrected chi connectivity index (χ1v) is 9.13. The van der Waals surface area contributed by atoms with Gasteiger partial charge in [0.2, 0.25) is 5.88 Å². The van der Waals surface area contributed by atoms with Crippen molar-refractivity contribution in [2.75, 3.05) is 11.9 Å². The van der Waals surface area contributed by atoms with Crippen LogP contribution in [0.5, 0.6) is 11.6 Å². The van der Waals surface area contributed by atoms with Crippen molar-refractivity contribution in [3.05, 3.63) is 80.9 Å². The number of hydrogen-bond acceptors (Lipinski definition) is 3. The molecule has 0 unspecified atom stereocenters. The number of carbonyl (C=O) groups excluding carboxylic acids is 1. The number of ether oxygens (including phenoxy) is 1. The molecule has 2 aromatic carbocycles.